The molecule has 6 heteroatoms. The van der Waals surface area contributed by atoms with E-state index in [1.165, 1.54) is 12.4 Å². The maximum absolute atomic E-state index is 10.4. The van der Waals surface area contributed by atoms with E-state index in [0.717, 1.165) is 0 Å². The molecule has 0 aliphatic rings. The van der Waals surface area contributed by atoms with E-state index in [9.17, 15) is 4.79 Å². The molecule has 1 aromatic rings. The summed E-state index contributed by atoms with van der Waals surface area (Å²) in [5.74, 6) is -0.885. The van der Waals surface area contributed by atoms with Crippen molar-refractivity contribution >= 4 is 11.9 Å². The Morgan fingerprint density at radius 1 is 1.54 bits per heavy atom. The van der Waals surface area contributed by atoms with Gasteiger partial charge in [-0.1, -0.05) is 0 Å². The number of hydrogen-bond donors (Lipinski definition) is 3. The Bertz CT molecular complexity index is 298. The number of nitrogens with two attached hydrogens (primary N) is 2. The summed E-state index contributed by atoms with van der Waals surface area (Å²) in [5, 5.41) is 8.51. The summed E-state index contributed by atoms with van der Waals surface area (Å²) in [5.41, 5.74) is 11.2. The third kappa shape index (κ3) is 2.68. The smallest absolute Gasteiger partial charge is 0.320 e. The Kier molecular flexibility index (Phi) is 2.76. The van der Waals surface area contributed by atoms with E-state index in [4.69, 9.17) is 16.6 Å². The molecule has 0 saturated carbocycles. The number of aliphatic carboxylic acids is 1. The highest BCUT2D eigenvalue weighted by atomic mass is 16.4. The van der Waals surface area contributed by atoms with Crippen LogP contribution in [-0.2, 0) is 11.2 Å². The van der Waals surface area contributed by atoms with Gasteiger partial charge in [0.15, 0.2) is 0 Å². The van der Waals surface area contributed by atoms with Gasteiger partial charge in [-0.3, -0.25) is 4.79 Å². The number of carboxylic acids is 1. The monoisotopic (exact) mass is 182 g/mol. The van der Waals surface area contributed by atoms with Gasteiger partial charge in [-0.15, -0.1) is 0 Å². The van der Waals surface area contributed by atoms with E-state index in [1.807, 2.05) is 0 Å². The third-order valence-electron chi connectivity index (χ3n) is 1.50. The minimum Gasteiger partial charge on any atom is -0.480 e. The molecule has 0 aliphatic heterocycles. The van der Waals surface area contributed by atoms with Crippen molar-refractivity contribution in [3.63, 3.8) is 0 Å². The molecule has 1 rings (SSSR count). The summed E-state index contributed by atoms with van der Waals surface area (Å²) in [6, 6.07) is -0.924. The van der Waals surface area contributed by atoms with Gasteiger partial charge in [-0.05, 0) is 5.56 Å². The van der Waals surface area contributed by atoms with E-state index < -0.39 is 12.0 Å². The van der Waals surface area contributed by atoms with Crippen LogP contribution in [0.25, 0.3) is 0 Å². The number of aromatic nitrogens is 2. The molecule has 1 aromatic heterocycles. The second kappa shape index (κ2) is 3.81. The van der Waals surface area contributed by atoms with Gasteiger partial charge in [0.1, 0.15) is 6.04 Å². The van der Waals surface area contributed by atoms with Crippen LogP contribution in [-0.4, -0.2) is 27.1 Å². The maximum Gasteiger partial charge on any atom is 0.320 e. The fourth-order valence-electron chi connectivity index (χ4n) is 0.811. The third-order valence-corrected chi connectivity index (χ3v) is 1.50. The summed E-state index contributed by atoms with van der Waals surface area (Å²) in [6.07, 6.45) is 3.13. The van der Waals surface area contributed by atoms with Crippen LogP contribution in [0.15, 0.2) is 12.4 Å². The van der Waals surface area contributed by atoms with E-state index >= 15 is 0 Å². The summed E-state index contributed by atoms with van der Waals surface area (Å²) >= 11 is 0. The summed E-state index contributed by atoms with van der Waals surface area (Å²) in [7, 11) is 0. The van der Waals surface area contributed by atoms with E-state index in [0.29, 0.717) is 5.56 Å². The van der Waals surface area contributed by atoms with E-state index in [-0.39, 0.29) is 12.4 Å². The molecule has 0 saturated heterocycles. The van der Waals surface area contributed by atoms with Crippen molar-refractivity contribution in [1.29, 1.82) is 0 Å². The highest BCUT2D eigenvalue weighted by Crippen LogP contribution is 2.00. The van der Waals surface area contributed by atoms with E-state index in [1.54, 1.807) is 0 Å². The molecule has 1 atom stereocenters. The van der Waals surface area contributed by atoms with Gasteiger partial charge in [0.25, 0.3) is 0 Å². The van der Waals surface area contributed by atoms with Crippen LogP contribution < -0.4 is 11.5 Å². The van der Waals surface area contributed by atoms with E-state index in [2.05, 4.69) is 9.97 Å². The number of hydrogen-bond acceptors (Lipinski definition) is 5. The second-order valence-electron chi connectivity index (χ2n) is 2.60. The number of anilines is 1. The van der Waals surface area contributed by atoms with Crippen molar-refractivity contribution in [1.82, 2.24) is 9.97 Å². The van der Waals surface area contributed by atoms with Gasteiger partial charge in [-0.2, -0.15) is 0 Å². The Labute approximate surface area is 74.6 Å². The molecule has 6 nitrogen and oxygen atoms in total. The Morgan fingerprint density at radius 3 is 2.54 bits per heavy atom. The minimum atomic E-state index is -1.04. The zero-order chi connectivity index (χ0) is 9.84. The molecular weight excluding hydrogens is 172 g/mol. The van der Waals surface area contributed by atoms with Crippen LogP contribution in [0.2, 0.25) is 0 Å². The zero-order valence-corrected chi connectivity index (χ0v) is 6.84. The maximum atomic E-state index is 10.4. The molecule has 0 unspecified atom stereocenters. The average molecular weight is 182 g/mol. The summed E-state index contributed by atoms with van der Waals surface area (Å²) in [6.45, 7) is 0. The lowest BCUT2D eigenvalue weighted by molar-refractivity contribution is -0.138. The molecule has 0 spiro atoms. The molecule has 0 bridgehead atoms. The van der Waals surface area contributed by atoms with Crippen LogP contribution in [0.5, 0.6) is 0 Å². The first-order valence-corrected chi connectivity index (χ1v) is 3.64. The van der Waals surface area contributed by atoms with Crippen molar-refractivity contribution in [2.75, 3.05) is 5.73 Å². The van der Waals surface area contributed by atoms with Gasteiger partial charge in [0.2, 0.25) is 5.95 Å². The van der Waals surface area contributed by atoms with Crippen molar-refractivity contribution < 1.29 is 9.90 Å². The number of carbonyl (C=O) groups is 1. The number of rotatable bonds is 3. The predicted molar refractivity (Wildman–Crippen MR) is 45.8 cm³/mol. The molecule has 0 aliphatic carbocycles. The Balaban J connectivity index is 2.64. The second-order valence-corrected chi connectivity index (χ2v) is 2.60. The van der Waals surface area contributed by atoms with Gasteiger partial charge in [0, 0.05) is 18.8 Å². The Hall–Kier alpha value is -1.69. The van der Waals surface area contributed by atoms with Crippen molar-refractivity contribution in [2.24, 2.45) is 5.73 Å². The number of nitrogen functional groups attached to an aromatic ring is 1. The van der Waals surface area contributed by atoms with Gasteiger partial charge in [0.05, 0.1) is 0 Å². The SMILES string of the molecule is Nc1ncc(C[C@H](N)C(=O)O)cn1. The topological polar surface area (TPSA) is 115 Å². The predicted octanol–water partition coefficient (Wildman–Crippen LogP) is -0.987. The summed E-state index contributed by atoms with van der Waals surface area (Å²) < 4.78 is 0. The molecule has 5 N–H and O–H groups in total. The number of carboxylic acid groups (broad SMARTS) is 1. The molecule has 0 fully saturated rings. The van der Waals surface area contributed by atoms with Crippen LogP contribution >= 0.6 is 0 Å². The first kappa shape index (κ1) is 9.40. The highest BCUT2D eigenvalue weighted by molar-refractivity contribution is 5.73. The van der Waals surface area contributed by atoms with Gasteiger partial charge in [-0.25, -0.2) is 9.97 Å². The lowest BCUT2D eigenvalue weighted by Crippen LogP contribution is -2.32. The van der Waals surface area contributed by atoms with Gasteiger partial charge >= 0.3 is 5.97 Å². The fraction of sp³-hybridized carbons (Fsp3) is 0.286. The molecule has 13 heavy (non-hydrogen) atoms. The van der Waals surface area contributed by atoms with Crippen molar-refractivity contribution in [2.45, 2.75) is 12.5 Å². The number of nitrogens with zero attached hydrogens (tertiary/aromatic N) is 2. The lowest BCUT2D eigenvalue weighted by atomic mass is 10.1. The van der Waals surface area contributed by atoms with Crippen molar-refractivity contribution in [3.05, 3.63) is 18.0 Å². The van der Waals surface area contributed by atoms with Crippen LogP contribution in [0.3, 0.4) is 0 Å². The largest absolute Gasteiger partial charge is 0.480 e. The molecule has 0 aromatic carbocycles. The Morgan fingerprint density at radius 2 is 2.08 bits per heavy atom. The van der Waals surface area contributed by atoms with Gasteiger partial charge < -0.3 is 16.6 Å². The van der Waals surface area contributed by atoms with Crippen LogP contribution in [0, 0.1) is 0 Å². The first-order valence-electron chi connectivity index (χ1n) is 3.64. The fourth-order valence-corrected chi connectivity index (χ4v) is 0.811. The highest BCUT2D eigenvalue weighted by Gasteiger charge is 2.12. The van der Waals surface area contributed by atoms with Crippen LogP contribution in [0.1, 0.15) is 5.56 Å². The molecule has 0 radical (unpaired) electrons. The molecule has 0 amide bonds. The normalized spacial score (nSPS) is 12.4. The van der Waals surface area contributed by atoms with Crippen LogP contribution in [0.4, 0.5) is 5.95 Å². The van der Waals surface area contributed by atoms with Crippen molar-refractivity contribution in [3.8, 4) is 0 Å². The standard InChI is InChI=1S/C7H10N4O2/c8-5(6(12)13)1-4-2-10-7(9)11-3-4/h2-3,5H,1,8H2,(H,12,13)(H2,9,10,11)/t5-/m0/s1. The average Bonchev–Trinajstić information content (AvgIpc) is 2.08. The first-order chi connectivity index (χ1) is 6.09. The quantitative estimate of drug-likeness (QED) is 0.553. The summed E-state index contributed by atoms with van der Waals surface area (Å²) in [4.78, 5) is 17.8. The molecule has 70 valence electrons. The molecule has 1 heterocycles. The lowest BCUT2D eigenvalue weighted by Gasteiger charge is -2.04. The molecular formula is C7H10N4O2. The minimum absolute atomic E-state index is 0.160. The zero-order valence-electron chi connectivity index (χ0n) is 6.84.